The molecule has 0 amide bonds. The highest BCUT2D eigenvalue weighted by Gasteiger charge is 2.11. The number of nitrogens with two attached hydrogens (primary N) is 1. The summed E-state index contributed by atoms with van der Waals surface area (Å²) in [5.74, 6) is 0.505. The second kappa shape index (κ2) is 11.3. The molecule has 0 radical (unpaired) electrons. The largest absolute Gasteiger partial charge is 0.330 e. The summed E-state index contributed by atoms with van der Waals surface area (Å²) < 4.78 is 1.20. The number of hydrogen-bond donors (Lipinski definition) is 1. The standard InChI is InChI=1S/C18H30BrN/c1-2-3-4-5-6-7-8-9-12-16(15-20)17-13-10-11-14-18(17)19/h10-11,13-14,16H,2-9,12,15,20H2,1H3. The van der Waals surface area contributed by atoms with Gasteiger partial charge in [0.25, 0.3) is 0 Å². The smallest absolute Gasteiger partial charge is 0.0210 e. The predicted molar refractivity (Wildman–Crippen MR) is 93.2 cm³/mol. The molecular weight excluding hydrogens is 310 g/mol. The lowest BCUT2D eigenvalue weighted by atomic mass is 9.93. The van der Waals surface area contributed by atoms with Crippen molar-refractivity contribution in [3.05, 3.63) is 34.3 Å². The summed E-state index contributed by atoms with van der Waals surface area (Å²) in [6, 6.07) is 8.49. The van der Waals surface area contributed by atoms with Crippen molar-refractivity contribution in [3.8, 4) is 0 Å². The summed E-state index contributed by atoms with van der Waals surface area (Å²) in [6.07, 6.45) is 12.2. The van der Waals surface area contributed by atoms with Crippen molar-refractivity contribution < 1.29 is 0 Å². The molecule has 1 atom stereocenters. The van der Waals surface area contributed by atoms with E-state index in [9.17, 15) is 0 Å². The summed E-state index contributed by atoms with van der Waals surface area (Å²) in [4.78, 5) is 0. The fraction of sp³-hybridized carbons (Fsp3) is 0.667. The van der Waals surface area contributed by atoms with Crippen molar-refractivity contribution in [1.29, 1.82) is 0 Å². The van der Waals surface area contributed by atoms with Crippen molar-refractivity contribution in [2.75, 3.05) is 6.54 Å². The van der Waals surface area contributed by atoms with Gasteiger partial charge >= 0.3 is 0 Å². The van der Waals surface area contributed by atoms with Gasteiger partial charge in [-0.15, -0.1) is 0 Å². The van der Waals surface area contributed by atoms with Crippen molar-refractivity contribution in [2.45, 2.75) is 70.6 Å². The summed E-state index contributed by atoms with van der Waals surface area (Å²) in [6.45, 7) is 3.02. The number of halogens is 1. The highest BCUT2D eigenvalue weighted by molar-refractivity contribution is 9.10. The summed E-state index contributed by atoms with van der Waals surface area (Å²) in [5, 5.41) is 0. The molecule has 1 unspecified atom stereocenters. The van der Waals surface area contributed by atoms with Gasteiger partial charge in [-0.05, 0) is 30.5 Å². The maximum Gasteiger partial charge on any atom is 0.0210 e. The highest BCUT2D eigenvalue weighted by Crippen LogP contribution is 2.28. The zero-order valence-corrected chi connectivity index (χ0v) is 14.5. The van der Waals surface area contributed by atoms with Crippen LogP contribution in [0.1, 0.15) is 76.2 Å². The van der Waals surface area contributed by atoms with Crippen molar-refractivity contribution in [3.63, 3.8) is 0 Å². The van der Waals surface area contributed by atoms with Gasteiger partial charge in [-0.2, -0.15) is 0 Å². The van der Waals surface area contributed by atoms with E-state index in [0.29, 0.717) is 5.92 Å². The maximum absolute atomic E-state index is 5.95. The van der Waals surface area contributed by atoms with Crippen LogP contribution in [0.15, 0.2) is 28.7 Å². The lowest BCUT2D eigenvalue weighted by Crippen LogP contribution is -2.13. The Labute approximate surface area is 133 Å². The Morgan fingerprint density at radius 2 is 1.55 bits per heavy atom. The first-order valence-electron chi connectivity index (χ1n) is 8.24. The molecule has 2 heteroatoms. The number of hydrogen-bond acceptors (Lipinski definition) is 1. The molecular formula is C18H30BrN. The van der Waals surface area contributed by atoms with Crippen LogP contribution in [-0.2, 0) is 0 Å². The molecule has 0 bridgehead atoms. The SMILES string of the molecule is CCCCCCCCCCC(CN)c1ccccc1Br. The first-order chi connectivity index (χ1) is 9.79. The molecule has 1 nitrogen and oxygen atoms in total. The third-order valence-electron chi connectivity index (χ3n) is 4.04. The Morgan fingerprint density at radius 3 is 2.15 bits per heavy atom. The van der Waals surface area contributed by atoms with Gasteiger partial charge in [0.2, 0.25) is 0 Å². The number of benzene rings is 1. The van der Waals surface area contributed by atoms with E-state index in [-0.39, 0.29) is 0 Å². The van der Waals surface area contributed by atoms with E-state index in [1.807, 2.05) is 0 Å². The lowest BCUT2D eigenvalue weighted by molar-refractivity contribution is 0.532. The average molecular weight is 340 g/mol. The van der Waals surface area contributed by atoms with Crippen LogP contribution in [0.2, 0.25) is 0 Å². The van der Waals surface area contributed by atoms with Crippen molar-refractivity contribution in [2.24, 2.45) is 5.73 Å². The van der Waals surface area contributed by atoms with E-state index < -0.39 is 0 Å². The molecule has 0 aliphatic heterocycles. The first-order valence-corrected chi connectivity index (χ1v) is 9.03. The summed E-state index contributed by atoms with van der Waals surface area (Å²) in [5.41, 5.74) is 7.32. The molecule has 0 aliphatic carbocycles. The van der Waals surface area contributed by atoms with E-state index in [1.165, 1.54) is 67.8 Å². The Bertz CT molecular complexity index is 351. The van der Waals surface area contributed by atoms with Crippen LogP contribution >= 0.6 is 15.9 Å². The van der Waals surface area contributed by atoms with Crippen LogP contribution in [0, 0.1) is 0 Å². The predicted octanol–water partition coefficient (Wildman–Crippen LogP) is 6.02. The number of rotatable bonds is 11. The number of unbranched alkanes of at least 4 members (excludes halogenated alkanes) is 7. The first kappa shape index (κ1) is 17.7. The average Bonchev–Trinajstić information content (AvgIpc) is 2.47. The second-order valence-electron chi connectivity index (χ2n) is 5.72. The zero-order valence-electron chi connectivity index (χ0n) is 12.9. The molecule has 2 N–H and O–H groups in total. The van der Waals surface area contributed by atoms with E-state index in [1.54, 1.807) is 0 Å². The van der Waals surface area contributed by atoms with Crippen LogP contribution in [-0.4, -0.2) is 6.54 Å². The van der Waals surface area contributed by atoms with E-state index in [4.69, 9.17) is 5.73 Å². The minimum Gasteiger partial charge on any atom is -0.330 e. The van der Waals surface area contributed by atoms with Crippen LogP contribution < -0.4 is 5.73 Å². The summed E-state index contributed by atoms with van der Waals surface area (Å²) in [7, 11) is 0. The molecule has 0 heterocycles. The fourth-order valence-electron chi connectivity index (χ4n) is 2.73. The van der Waals surface area contributed by atoms with E-state index in [2.05, 4.69) is 47.1 Å². The van der Waals surface area contributed by atoms with Gasteiger partial charge in [0.15, 0.2) is 0 Å². The monoisotopic (exact) mass is 339 g/mol. The summed E-state index contributed by atoms with van der Waals surface area (Å²) >= 11 is 3.64. The molecule has 0 saturated heterocycles. The molecule has 0 spiro atoms. The molecule has 0 aromatic heterocycles. The van der Waals surface area contributed by atoms with Crippen LogP contribution in [0.4, 0.5) is 0 Å². The minimum absolute atomic E-state index is 0.505. The van der Waals surface area contributed by atoms with Crippen molar-refractivity contribution in [1.82, 2.24) is 0 Å². The van der Waals surface area contributed by atoms with Gasteiger partial charge in [-0.3, -0.25) is 0 Å². The van der Waals surface area contributed by atoms with Crippen LogP contribution in [0.5, 0.6) is 0 Å². The van der Waals surface area contributed by atoms with Gasteiger partial charge in [-0.1, -0.05) is 92.4 Å². The molecule has 0 aliphatic rings. The van der Waals surface area contributed by atoms with E-state index >= 15 is 0 Å². The third-order valence-corrected chi connectivity index (χ3v) is 4.76. The zero-order chi connectivity index (χ0) is 14.6. The molecule has 1 aromatic rings. The van der Waals surface area contributed by atoms with Gasteiger partial charge < -0.3 is 5.73 Å². The fourth-order valence-corrected chi connectivity index (χ4v) is 3.34. The van der Waals surface area contributed by atoms with Gasteiger partial charge in [0.1, 0.15) is 0 Å². The van der Waals surface area contributed by atoms with Crippen LogP contribution in [0.3, 0.4) is 0 Å². The van der Waals surface area contributed by atoms with E-state index in [0.717, 1.165) is 6.54 Å². The van der Waals surface area contributed by atoms with Crippen molar-refractivity contribution >= 4 is 15.9 Å². The highest BCUT2D eigenvalue weighted by atomic mass is 79.9. The normalized spacial score (nSPS) is 12.6. The van der Waals surface area contributed by atoms with Crippen LogP contribution in [0.25, 0.3) is 0 Å². The second-order valence-corrected chi connectivity index (χ2v) is 6.57. The topological polar surface area (TPSA) is 26.0 Å². The molecule has 0 fully saturated rings. The molecule has 0 saturated carbocycles. The maximum atomic E-state index is 5.95. The van der Waals surface area contributed by atoms with Gasteiger partial charge in [0.05, 0.1) is 0 Å². The Morgan fingerprint density at radius 1 is 0.950 bits per heavy atom. The Kier molecular flexibility index (Phi) is 10.0. The Balaban J connectivity index is 2.18. The van der Waals surface area contributed by atoms with Gasteiger partial charge in [0, 0.05) is 4.47 Å². The third kappa shape index (κ3) is 6.90. The molecule has 114 valence electrons. The quantitative estimate of drug-likeness (QED) is 0.490. The Hall–Kier alpha value is -0.340. The minimum atomic E-state index is 0.505. The van der Waals surface area contributed by atoms with Gasteiger partial charge in [-0.25, -0.2) is 0 Å². The molecule has 20 heavy (non-hydrogen) atoms. The lowest BCUT2D eigenvalue weighted by Gasteiger charge is -2.16. The molecule has 1 rings (SSSR count). The molecule has 1 aromatic carbocycles.